The molecule has 0 aromatic heterocycles. The average molecular weight is 343 g/mol. The molecule has 2 rings (SSSR count). The smallest absolute Gasteiger partial charge is 0.244 e. The zero-order valence-electron chi connectivity index (χ0n) is 12.4. The van der Waals surface area contributed by atoms with Crippen molar-refractivity contribution in [3.63, 3.8) is 0 Å². The summed E-state index contributed by atoms with van der Waals surface area (Å²) >= 11 is 6.00. The molecule has 1 N–H and O–H groups in total. The summed E-state index contributed by atoms with van der Waals surface area (Å²) in [5.74, 6) is -0.0503. The van der Waals surface area contributed by atoms with Gasteiger partial charge in [0.05, 0.1) is 22.8 Å². The molecular weight excluding hydrogens is 324 g/mol. The summed E-state index contributed by atoms with van der Waals surface area (Å²) < 4.78 is 26.5. The number of nitriles is 1. The largest absolute Gasteiger partial charge is 0.393 e. The lowest BCUT2D eigenvalue weighted by Crippen LogP contribution is -2.38. The maximum atomic E-state index is 12.6. The van der Waals surface area contributed by atoms with E-state index in [-0.39, 0.29) is 22.4 Å². The second kappa shape index (κ2) is 6.97. The lowest BCUT2D eigenvalue weighted by Gasteiger charge is -2.30. The summed E-state index contributed by atoms with van der Waals surface area (Å²) in [5, 5.41) is 18.8. The Bertz CT molecular complexity index is 685. The molecule has 0 amide bonds. The van der Waals surface area contributed by atoms with Gasteiger partial charge in [0.25, 0.3) is 0 Å². The van der Waals surface area contributed by atoms with Crippen LogP contribution in [0.25, 0.3) is 0 Å². The van der Waals surface area contributed by atoms with Crippen molar-refractivity contribution in [2.45, 2.75) is 36.7 Å². The van der Waals surface area contributed by atoms with E-state index < -0.39 is 16.1 Å². The first-order valence-corrected chi connectivity index (χ1v) is 9.02. The lowest BCUT2D eigenvalue weighted by molar-refractivity contribution is 0.0620. The fourth-order valence-electron chi connectivity index (χ4n) is 2.78. The minimum absolute atomic E-state index is 0.0130. The monoisotopic (exact) mass is 342 g/mol. The third kappa shape index (κ3) is 3.61. The molecule has 1 aliphatic carbocycles. The first-order chi connectivity index (χ1) is 10.4. The second-order valence-electron chi connectivity index (χ2n) is 5.65. The molecule has 5 nitrogen and oxygen atoms in total. The van der Waals surface area contributed by atoms with E-state index in [1.807, 2.05) is 6.07 Å². The predicted molar refractivity (Wildman–Crippen MR) is 83.9 cm³/mol. The fraction of sp³-hybridized carbons (Fsp3) is 0.533. The number of benzene rings is 1. The van der Waals surface area contributed by atoms with E-state index in [2.05, 4.69) is 0 Å². The van der Waals surface area contributed by atoms with Crippen molar-refractivity contribution in [3.8, 4) is 6.07 Å². The maximum Gasteiger partial charge on any atom is 0.244 e. The van der Waals surface area contributed by atoms with Crippen LogP contribution in [0, 0.1) is 17.2 Å². The van der Waals surface area contributed by atoms with Crippen molar-refractivity contribution in [3.05, 3.63) is 28.8 Å². The van der Waals surface area contributed by atoms with E-state index in [1.165, 1.54) is 29.6 Å². The summed E-state index contributed by atoms with van der Waals surface area (Å²) in [4.78, 5) is -0.0130. The van der Waals surface area contributed by atoms with Gasteiger partial charge >= 0.3 is 0 Å². The third-order valence-corrected chi connectivity index (χ3v) is 6.42. The molecule has 2 atom stereocenters. The molecule has 0 heterocycles. The molecule has 1 saturated carbocycles. The van der Waals surface area contributed by atoms with Crippen molar-refractivity contribution >= 4 is 21.6 Å². The number of nitrogens with zero attached hydrogens (tertiary/aromatic N) is 2. The minimum atomic E-state index is -3.74. The zero-order valence-corrected chi connectivity index (χ0v) is 13.9. The summed E-state index contributed by atoms with van der Waals surface area (Å²) in [6, 6.07) is 6.05. The van der Waals surface area contributed by atoms with Crippen LogP contribution in [0.4, 0.5) is 0 Å². The van der Waals surface area contributed by atoms with Gasteiger partial charge in [-0.25, -0.2) is 12.7 Å². The highest BCUT2D eigenvalue weighted by Crippen LogP contribution is 2.29. The summed E-state index contributed by atoms with van der Waals surface area (Å²) in [6.07, 6.45) is 3.07. The molecular formula is C15H19ClN2O3S. The highest BCUT2D eigenvalue weighted by molar-refractivity contribution is 7.89. The number of rotatable bonds is 4. The lowest BCUT2D eigenvalue weighted by atomic mass is 9.86. The van der Waals surface area contributed by atoms with Crippen LogP contribution >= 0.6 is 11.6 Å². The summed E-state index contributed by atoms with van der Waals surface area (Å²) in [7, 11) is -2.25. The Labute approximate surface area is 136 Å². The molecule has 0 aliphatic heterocycles. The van der Waals surface area contributed by atoms with Crippen LogP contribution < -0.4 is 0 Å². The Morgan fingerprint density at radius 1 is 1.41 bits per heavy atom. The molecule has 1 aromatic rings. The van der Waals surface area contributed by atoms with Crippen LogP contribution in [0.2, 0.25) is 5.02 Å². The molecule has 0 radical (unpaired) electrons. The van der Waals surface area contributed by atoms with E-state index >= 15 is 0 Å². The van der Waals surface area contributed by atoms with Gasteiger partial charge in [0.2, 0.25) is 10.0 Å². The molecule has 22 heavy (non-hydrogen) atoms. The Kier molecular flexibility index (Phi) is 5.45. The Morgan fingerprint density at radius 2 is 2.09 bits per heavy atom. The molecule has 0 bridgehead atoms. The first kappa shape index (κ1) is 17.2. The summed E-state index contributed by atoms with van der Waals surface area (Å²) in [5.41, 5.74) is 0.314. The second-order valence-corrected chi connectivity index (χ2v) is 8.07. The number of hydrogen-bond donors (Lipinski definition) is 1. The van der Waals surface area contributed by atoms with Gasteiger partial charge in [0.1, 0.15) is 4.90 Å². The van der Waals surface area contributed by atoms with Gasteiger partial charge in [0.15, 0.2) is 0 Å². The van der Waals surface area contributed by atoms with Gasteiger partial charge < -0.3 is 5.11 Å². The molecule has 0 saturated heterocycles. The molecule has 120 valence electrons. The maximum absolute atomic E-state index is 12.6. The van der Waals surface area contributed by atoms with Crippen molar-refractivity contribution < 1.29 is 13.5 Å². The van der Waals surface area contributed by atoms with Gasteiger partial charge in [-0.1, -0.05) is 24.4 Å². The van der Waals surface area contributed by atoms with Gasteiger partial charge in [-0.3, -0.25) is 0 Å². The number of sulfonamides is 1. The highest BCUT2D eigenvalue weighted by atomic mass is 35.5. The van der Waals surface area contributed by atoms with Gasteiger partial charge in [-0.05, 0) is 37.0 Å². The van der Waals surface area contributed by atoms with E-state index in [0.717, 1.165) is 25.7 Å². The molecule has 0 spiro atoms. The van der Waals surface area contributed by atoms with E-state index in [1.54, 1.807) is 0 Å². The number of halogens is 1. The molecule has 1 aliphatic rings. The quantitative estimate of drug-likeness (QED) is 0.910. The van der Waals surface area contributed by atoms with Crippen molar-refractivity contribution in [1.82, 2.24) is 4.31 Å². The highest BCUT2D eigenvalue weighted by Gasteiger charge is 2.30. The molecule has 2 unspecified atom stereocenters. The predicted octanol–water partition coefficient (Wildman–Crippen LogP) is 2.38. The Morgan fingerprint density at radius 3 is 2.68 bits per heavy atom. The number of aliphatic hydroxyl groups excluding tert-OH is 1. The first-order valence-electron chi connectivity index (χ1n) is 7.20. The van der Waals surface area contributed by atoms with Gasteiger partial charge in [-0.15, -0.1) is 0 Å². The summed E-state index contributed by atoms with van der Waals surface area (Å²) in [6.45, 7) is 0.264. The van der Waals surface area contributed by atoms with E-state index in [4.69, 9.17) is 16.9 Å². The molecule has 7 heteroatoms. The van der Waals surface area contributed by atoms with Crippen LogP contribution in [0.3, 0.4) is 0 Å². The van der Waals surface area contributed by atoms with Crippen molar-refractivity contribution in [1.29, 1.82) is 5.26 Å². The van der Waals surface area contributed by atoms with Crippen LogP contribution in [0.5, 0.6) is 0 Å². The third-order valence-electron chi connectivity index (χ3n) is 4.11. The van der Waals surface area contributed by atoms with Crippen LogP contribution in [0.1, 0.15) is 31.2 Å². The SMILES string of the molecule is CN(CC1CCCCC1O)S(=O)(=O)c1ccc(C#N)cc1Cl. The topological polar surface area (TPSA) is 81.4 Å². The number of aliphatic hydroxyl groups is 1. The number of hydrogen-bond acceptors (Lipinski definition) is 4. The Balaban J connectivity index is 2.20. The normalized spacial score (nSPS) is 22.5. The van der Waals surface area contributed by atoms with Crippen LogP contribution in [-0.2, 0) is 10.0 Å². The fourth-order valence-corrected chi connectivity index (χ4v) is 4.52. The van der Waals surface area contributed by atoms with Crippen molar-refractivity contribution in [2.24, 2.45) is 5.92 Å². The zero-order chi connectivity index (χ0) is 16.3. The standard InChI is InChI=1S/C15H19ClN2O3S/c1-18(10-12-4-2-3-5-14(12)19)22(20,21)15-7-6-11(9-17)8-13(15)16/h6-8,12,14,19H,2-5,10H2,1H3. The molecule has 1 aromatic carbocycles. The average Bonchev–Trinajstić information content (AvgIpc) is 2.49. The molecule has 1 fully saturated rings. The van der Waals surface area contributed by atoms with Crippen LogP contribution in [-0.4, -0.2) is 37.5 Å². The van der Waals surface area contributed by atoms with Crippen molar-refractivity contribution in [2.75, 3.05) is 13.6 Å². The van der Waals surface area contributed by atoms with E-state index in [0.29, 0.717) is 5.56 Å². The Hall–Kier alpha value is -1.13. The van der Waals surface area contributed by atoms with E-state index in [9.17, 15) is 13.5 Å². The van der Waals surface area contributed by atoms with Gasteiger partial charge in [-0.2, -0.15) is 5.26 Å². The van der Waals surface area contributed by atoms with Crippen LogP contribution in [0.15, 0.2) is 23.1 Å². The van der Waals surface area contributed by atoms with Gasteiger partial charge in [0, 0.05) is 13.6 Å². The minimum Gasteiger partial charge on any atom is -0.393 e.